The molecule has 0 aliphatic carbocycles. The van der Waals surface area contributed by atoms with Crippen molar-refractivity contribution in [2.24, 2.45) is 5.14 Å². The number of primary sulfonamides is 1. The average molecular weight is 375 g/mol. The topological polar surface area (TPSA) is 65.1 Å². The Bertz CT molecular complexity index is 997. The maximum atomic E-state index is 11.5. The number of aryl methyl sites for hydroxylation is 2. The van der Waals surface area contributed by atoms with E-state index < -0.39 is 10.0 Å². The highest BCUT2D eigenvalue weighted by molar-refractivity contribution is 7.89. The second-order valence-corrected chi connectivity index (χ2v) is 8.60. The highest BCUT2D eigenvalue weighted by Gasteiger charge is 2.15. The summed E-state index contributed by atoms with van der Waals surface area (Å²) in [5.74, 6) is 0. The van der Waals surface area contributed by atoms with Gasteiger partial charge in [-0.1, -0.05) is 26.0 Å². The molecule has 4 nitrogen and oxygen atoms in total. The third kappa shape index (κ3) is 3.42. The van der Waals surface area contributed by atoms with Gasteiger partial charge in [-0.25, -0.2) is 13.6 Å². The van der Waals surface area contributed by atoms with Gasteiger partial charge in [0.2, 0.25) is 10.0 Å². The third-order valence-electron chi connectivity index (χ3n) is 4.33. The minimum Gasteiger partial charge on any atom is -0.315 e. The molecule has 1 aromatic carbocycles. The summed E-state index contributed by atoms with van der Waals surface area (Å²) in [4.78, 5) is 1.54. The van der Waals surface area contributed by atoms with Gasteiger partial charge in [0.25, 0.3) is 0 Å². The highest BCUT2D eigenvalue weighted by Crippen LogP contribution is 2.33. The molecule has 0 radical (unpaired) electrons. The maximum Gasteiger partial charge on any atom is 0.238 e. The van der Waals surface area contributed by atoms with Crippen LogP contribution in [0.4, 0.5) is 0 Å². The Hall–Kier alpha value is -1.89. The molecule has 0 spiro atoms. The number of sulfonamides is 1. The van der Waals surface area contributed by atoms with E-state index in [-0.39, 0.29) is 4.90 Å². The van der Waals surface area contributed by atoms with Crippen molar-refractivity contribution in [1.82, 2.24) is 4.57 Å². The number of rotatable bonds is 5. The molecule has 3 aromatic rings. The summed E-state index contributed by atoms with van der Waals surface area (Å²) in [7, 11) is -3.67. The van der Waals surface area contributed by atoms with E-state index in [0.717, 1.165) is 29.7 Å². The first-order chi connectivity index (χ1) is 11.8. The van der Waals surface area contributed by atoms with Gasteiger partial charge >= 0.3 is 0 Å². The van der Waals surface area contributed by atoms with Gasteiger partial charge in [-0.05, 0) is 54.7 Å². The van der Waals surface area contributed by atoms with Crippen LogP contribution in [0.25, 0.3) is 16.9 Å². The van der Waals surface area contributed by atoms with Crippen LogP contribution in [0.1, 0.15) is 29.9 Å². The lowest BCUT2D eigenvalue weighted by molar-refractivity contribution is 0.598. The minimum atomic E-state index is -3.67. The van der Waals surface area contributed by atoms with Gasteiger partial charge in [0.1, 0.15) is 0 Å². The lowest BCUT2D eigenvalue weighted by Crippen LogP contribution is -2.11. The number of hydrogen-bond acceptors (Lipinski definition) is 3. The Morgan fingerprint density at radius 1 is 1.12 bits per heavy atom. The van der Waals surface area contributed by atoms with Crippen molar-refractivity contribution in [3.63, 3.8) is 0 Å². The largest absolute Gasteiger partial charge is 0.315 e. The zero-order valence-corrected chi connectivity index (χ0v) is 16.2. The first-order valence-electron chi connectivity index (χ1n) is 8.27. The maximum absolute atomic E-state index is 11.5. The van der Waals surface area contributed by atoms with Gasteiger partial charge < -0.3 is 4.57 Å². The van der Waals surface area contributed by atoms with Crippen LogP contribution in [0, 0.1) is 6.92 Å². The lowest BCUT2D eigenvalue weighted by Gasteiger charge is -2.11. The van der Waals surface area contributed by atoms with Crippen LogP contribution >= 0.6 is 11.3 Å². The van der Waals surface area contributed by atoms with E-state index in [1.807, 2.05) is 12.1 Å². The summed E-state index contributed by atoms with van der Waals surface area (Å²) >= 11 is 1.80. The average Bonchev–Trinajstić information content (AvgIpc) is 3.16. The number of benzene rings is 1. The molecule has 0 saturated carbocycles. The summed E-state index contributed by atoms with van der Waals surface area (Å²) in [5.41, 5.74) is 5.77. The fourth-order valence-electron chi connectivity index (χ4n) is 3.12. The zero-order chi connectivity index (χ0) is 18.2. The molecule has 0 saturated heterocycles. The molecule has 2 heterocycles. The van der Waals surface area contributed by atoms with Crippen molar-refractivity contribution in [3.8, 4) is 16.9 Å². The molecular weight excluding hydrogens is 352 g/mol. The van der Waals surface area contributed by atoms with Crippen molar-refractivity contribution in [2.45, 2.75) is 38.5 Å². The molecule has 0 bridgehead atoms. The predicted octanol–water partition coefficient (Wildman–Crippen LogP) is 4.29. The Balaban J connectivity index is 2.12. The monoisotopic (exact) mass is 374 g/mol. The number of thiophene rings is 1. The van der Waals surface area contributed by atoms with Crippen molar-refractivity contribution < 1.29 is 8.42 Å². The number of nitrogens with zero attached hydrogens (tertiary/aromatic N) is 1. The van der Waals surface area contributed by atoms with Crippen LogP contribution < -0.4 is 5.14 Å². The van der Waals surface area contributed by atoms with Gasteiger partial charge in [0, 0.05) is 16.5 Å². The molecule has 6 heteroatoms. The minimum absolute atomic E-state index is 0.129. The van der Waals surface area contributed by atoms with Crippen LogP contribution in [0.15, 0.2) is 46.8 Å². The van der Waals surface area contributed by atoms with Crippen LogP contribution in [0.3, 0.4) is 0 Å². The quantitative estimate of drug-likeness (QED) is 0.724. The van der Waals surface area contributed by atoms with E-state index in [4.69, 9.17) is 5.14 Å². The second-order valence-electron chi connectivity index (χ2n) is 6.07. The summed E-state index contributed by atoms with van der Waals surface area (Å²) in [6, 6.07) is 8.86. The van der Waals surface area contributed by atoms with E-state index in [1.54, 1.807) is 23.5 Å². The van der Waals surface area contributed by atoms with E-state index in [9.17, 15) is 8.42 Å². The van der Waals surface area contributed by atoms with Gasteiger partial charge in [-0.15, -0.1) is 11.3 Å². The molecule has 0 unspecified atom stereocenters. The van der Waals surface area contributed by atoms with E-state index in [2.05, 4.69) is 43.0 Å². The summed E-state index contributed by atoms with van der Waals surface area (Å²) in [6.45, 7) is 6.43. The van der Waals surface area contributed by atoms with E-state index in [0.29, 0.717) is 0 Å². The molecule has 3 rings (SSSR count). The Labute approximate surface area is 153 Å². The van der Waals surface area contributed by atoms with E-state index >= 15 is 0 Å². The molecule has 0 aliphatic heterocycles. The highest BCUT2D eigenvalue weighted by atomic mass is 32.2. The Morgan fingerprint density at radius 3 is 2.36 bits per heavy atom. The van der Waals surface area contributed by atoms with Gasteiger partial charge in [-0.2, -0.15) is 0 Å². The first kappa shape index (κ1) is 17.9. The smallest absolute Gasteiger partial charge is 0.238 e. The van der Waals surface area contributed by atoms with E-state index in [1.165, 1.54) is 16.1 Å². The molecule has 25 heavy (non-hydrogen) atoms. The van der Waals surface area contributed by atoms with Gasteiger partial charge in [-0.3, -0.25) is 0 Å². The number of aromatic nitrogens is 1. The Morgan fingerprint density at radius 2 is 1.80 bits per heavy atom. The normalized spacial score (nSPS) is 11.8. The van der Waals surface area contributed by atoms with Crippen molar-refractivity contribution >= 4 is 21.4 Å². The summed E-state index contributed by atoms with van der Waals surface area (Å²) < 4.78 is 25.1. The number of nitrogens with two attached hydrogens (primary N) is 1. The number of hydrogen-bond donors (Lipinski definition) is 1. The Kier molecular flexibility index (Phi) is 4.86. The fourth-order valence-corrected chi connectivity index (χ4v) is 4.70. The molecule has 0 amide bonds. The molecule has 0 fully saturated rings. The standard InChI is InChI=1S/C19H22N2O2S2/c1-4-16-18(12-24-19(16)5-2)21-11-13(3)10-17(21)14-6-8-15(9-7-14)25(20,22)23/h6-12H,4-5H2,1-3H3,(H2,20,22,23). The SMILES string of the molecule is CCc1scc(-n2cc(C)cc2-c2ccc(S(N)(=O)=O)cc2)c1CC. The van der Waals surface area contributed by atoms with Crippen LogP contribution in [0.5, 0.6) is 0 Å². The molecule has 0 aliphatic rings. The van der Waals surface area contributed by atoms with Gasteiger partial charge in [0.15, 0.2) is 0 Å². The van der Waals surface area contributed by atoms with Gasteiger partial charge in [0.05, 0.1) is 16.3 Å². The molecule has 132 valence electrons. The lowest BCUT2D eigenvalue weighted by atomic mass is 10.1. The van der Waals surface area contributed by atoms with Crippen LogP contribution in [-0.2, 0) is 22.9 Å². The second kappa shape index (κ2) is 6.78. The van der Waals surface area contributed by atoms with Crippen molar-refractivity contribution in [2.75, 3.05) is 0 Å². The summed E-state index contributed by atoms with van der Waals surface area (Å²) in [6.07, 6.45) is 4.15. The third-order valence-corrected chi connectivity index (χ3v) is 6.42. The predicted molar refractivity (Wildman–Crippen MR) is 104 cm³/mol. The van der Waals surface area contributed by atoms with Crippen LogP contribution in [0.2, 0.25) is 0 Å². The molecular formula is C19H22N2O2S2. The van der Waals surface area contributed by atoms with Crippen LogP contribution in [-0.4, -0.2) is 13.0 Å². The summed E-state index contributed by atoms with van der Waals surface area (Å²) in [5, 5.41) is 7.40. The first-order valence-corrected chi connectivity index (χ1v) is 10.7. The fraction of sp³-hybridized carbons (Fsp3) is 0.263. The van der Waals surface area contributed by atoms with Crippen molar-refractivity contribution in [3.05, 3.63) is 57.9 Å². The zero-order valence-electron chi connectivity index (χ0n) is 14.6. The molecule has 0 atom stereocenters. The molecule has 2 aromatic heterocycles. The molecule has 2 N–H and O–H groups in total. The van der Waals surface area contributed by atoms with Crippen molar-refractivity contribution in [1.29, 1.82) is 0 Å².